The highest BCUT2D eigenvalue weighted by Crippen LogP contribution is 2.43. The van der Waals surface area contributed by atoms with Crippen molar-refractivity contribution in [2.75, 3.05) is 0 Å². The van der Waals surface area contributed by atoms with Gasteiger partial charge in [0.2, 0.25) is 0 Å². The third kappa shape index (κ3) is 6.65. The number of hydrogen-bond acceptors (Lipinski definition) is 1. The van der Waals surface area contributed by atoms with Crippen molar-refractivity contribution in [1.29, 1.82) is 0 Å². The molecule has 0 amide bonds. The largest absolute Gasteiger partial charge is 0.456 e. The lowest BCUT2D eigenvalue weighted by atomic mass is 9.56. The van der Waals surface area contributed by atoms with Gasteiger partial charge in [-0.25, -0.2) is 0 Å². The number of benzene rings is 10. The zero-order chi connectivity index (χ0) is 56.4. The van der Waals surface area contributed by atoms with Gasteiger partial charge in [-0.05, 0) is 81.5 Å². The monoisotopic (exact) mass is 957 g/mol. The van der Waals surface area contributed by atoms with E-state index in [0.29, 0.717) is 0 Å². The van der Waals surface area contributed by atoms with Crippen LogP contribution in [0.2, 0.25) is 0 Å². The Labute approximate surface area is 482 Å². The van der Waals surface area contributed by atoms with Crippen molar-refractivity contribution in [3.8, 4) is 22.3 Å². The number of rotatable bonds is 2. The van der Waals surface area contributed by atoms with E-state index in [9.17, 15) is 0 Å². The maximum absolute atomic E-state index is 7.42. The minimum atomic E-state index is 1.03. The smallest absolute Gasteiger partial charge is 0.143 e. The summed E-state index contributed by atoms with van der Waals surface area (Å²) in [5, 5.41) is 19.3. The first-order valence-corrected chi connectivity index (χ1v) is 28.7. The van der Waals surface area contributed by atoms with Crippen LogP contribution < -0.4 is 153 Å². The highest BCUT2D eigenvalue weighted by atomic mass is 16.3. The van der Waals surface area contributed by atoms with Crippen LogP contribution >= 0.6 is 0 Å². The number of fused-ring (bicyclic) bond motifs is 12. The van der Waals surface area contributed by atoms with Crippen molar-refractivity contribution in [2.24, 2.45) is 0 Å². The average molecular weight is 952 g/mol. The van der Waals surface area contributed by atoms with E-state index in [1.165, 1.54) is 251 Å². The van der Waals surface area contributed by atoms with E-state index in [1.54, 1.807) is 0 Å². The Kier molecular flexibility index (Phi) is 12.7. The fraction of sp³-hybridized carbons (Fsp3) is 0. The van der Waals surface area contributed by atoms with Crippen LogP contribution in [-0.4, -0.2) is 220 Å². The van der Waals surface area contributed by atoms with Crippen LogP contribution in [0.5, 0.6) is 0 Å². The lowest BCUT2D eigenvalue weighted by Crippen LogP contribution is -2.51. The molecule has 0 aliphatic carbocycles. The summed E-state index contributed by atoms with van der Waals surface area (Å²) in [5.74, 6) is 0. The summed E-state index contributed by atoms with van der Waals surface area (Å²) in [6.07, 6.45) is 0. The molecule has 77 heavy (non-hydrogen) atoms. The SMILES string of the molecule is Bc1c(-c2c3c(B)c(B)c(B)c(B)c3c(-c3c(B)c4c(B)c(B)c5c(B)c(B)c(B)c(B)c5c4c4c(B)c(B)c(B)c(B)c34)c3c(B)c(B)c(B)c(B)c23)c(B)c2c(oc3c4c(B)c(B)c(B)c(B)c4c(B)c(B)c32)c1B. The molecule has 0 aliphatic heterocycles. The van der Waals surface area contributed by atoms with Gasteiger partial charge < -0.3 is 4.42 Å². The Morgan fingerprint density at radius 2 is 0.325 bits per heavy atom. The highest BCUT2D eigenvalue weighted by Gasteiger charge is 2.33. The molecule has 0 bridgehead atoms. The predicted molar refractivity (Wildman–Crippen MR) is 439 cm³/mol. The van der Waals surface area contributed by atoms with E-state index in [1.807, 2.05) is 0 Å². The van der Waals surface area contributed by atoms with Gasteiger partial charge in [0.25, 0.3) is 0 Å². The number of furan rings is 1. The molecule has 10 aromatic carbocycles. The lowest BCUT2D eigenvalue weighted by molar-refractivity contribution is 0.676. The first kappa shape index (κ1) is 54.3. The van der Waals surface area contributed by atoms with Crippen LogP contribution in [0.25, 0.3) is 109 Å². The van der Waals surface area contributed by atoms with Crippen LogP contribution in [0.4, 0.5) is 0 Å². The normalized spacial score (nSPS) is 12.1. The Bertz CT molecular complexity index is 4690. The van der Waals surface area contributed by atoms with Gasteiger partial charge in [0.15, 0.2) is 0 Å². The van der Waals surface area contributed by atoms with Gasteiger partial charge in [-0.15, -0.1) is 54.6 Å². The van der Waals surface area contributed by atoms with Crippen LogP contribution in [0.1, 0.15) is 0 Å². The highest BCUT2D eigenvalue weighted by molar-refractivity contribution is 6.79. The van der Waals surface area contributed by atoms with E-state index in [2.05, 4.69) is 220 Å². The molecule has 0 spiro atoms. The summed E-state index contributed by atoms with van der Waals surface area (Å²) in [7, 11) is 66.8. The van der Waals surface area contributed by atoms with E-state index in [0.717, 1.165) is 11.2 Å². The first-order chi connectivity index (χ1) is 36.0. The fourth-order valence-corrected chi connectivity index (χ4v) is 15.9. The Hall–Kier alpha value is -4.62. The Morgan fingerprint density at radius 1 is 0.117 bits per heavy atom. The van der Waals surface area contributed by atoms with Crippen molar-refractivity contribution in [3.63, 3.8) is 0 Å². The van der Waals surface area contributed by atoms with Gasteiger partial charge in [-0.1, -0.05) is 98.3 Å². The van der Waals surface area contributed by atoms with E-state index in [-0.39, 0.29) is 0 Å². The second kappa shape index (κ2) is 17.9. The maximum Gasteiger partial charge on any atom is 0.143 e. The van der Waals surface area contributed by atoms with Crippen molar-refractivity contribution < 1.29 is 4.42 Å². The topological polar surface area (TPSA) is 13.1 Å². The van der Waals surface area contributed by atoms with Gasteiger partial charge in [0.05, 0.1) is 0 Å². The Morgan fingerprint density at radius 3 is 0.701 bits per heavy atom. The van der Waals surface area contributed by atoms with Crippen molar-refractivity contribution in [2.45, 2.75) is 0 Å². The molecule has 1 heterocycles. The predicted octanol–water partition coefficient (Wildman–Crippen LogP) is -34.9. The van der Waals surface area contributed by atoms with Gasteiger partial charge in [0, 0.05) is 16.2 Å². The van der Waals surface area contributed by atoms with Gasteiger partial charge in [-0.3, -0.25) is 0 Å². The molecule has 0 radical (unpaired) electrons. The molecule has 0 aliphatic rings. The van der Waals surface area contributed by atoms with Gasteiger partial charge in [0.1, 0.15) is 231 Å². The lowest BCUT2D eigenvalue weighted by Gasteiger charge is -2.32. The third-order valence-corrected chi connectivity index (χ3v) is 22.5. The van der Waals surface area contributed by atoms with Gasteiger partial charge >= 0.3 is 0 Å². The van der Waals surface area contributed by atoms with Gasteiger partial charge in [-0.2, -0.15) is 0 Å². The van der Waals surface area contributed by atoms with Crippen molar-refractivity contribution in [3.05, 3.63) is 0 Å². The fourth-order valence-electron chi connectivity index (χ4n) is 15.9. The zero-order valence-electron chi connectivity index (χ0n) is 52.4. The van der Waals surface area contributed by atoms with E-state index >= 15 is 0 Å². The van der Waals surface area contributed by atoms with Crippen LogP contribution in [0.15, 0.2) is 4.42 Å². The van der Waals surface area contributed by atoms with E-state index in [4.69, 9.17) is 4.42 Å². The van der Waals surface area contributed by atoms with Crippen LogP contribution in [0.3, 0.4) is 0 Å². The summed E-state index contributed by atoms with van der Waals surface area (Å²) >= 11 is 0. The summed E-state index contributed by atoms with van der Waals surface area (Å²) in [5.41, 5.74) is 46.0. The molecule has 11 aromatic rings. The second-order valence-corrected chi connectivity index (χ2v) is 25.0. The second-order valence-electron chi connectivity index (χ2n) is 25.0. The summed E-state index contributed by atoms with van der Waals surface area (Å²) in [6.45, 7) is 0. The Balaban J connectivity index is 1.48. The molecular formula is C48H56B28O. The quantitative estimate of drug-likeness (QED) is 0.0956. The molecule has 0 N–H and O–H groups in total. The number of hydrogen-bond donors (Lipinski definition) is 0. The standard InChI is InChI=1S/C48H56B28O/c49-19-4(11-9(25(55)40(70)42(72)27(11)57)3-10-14(29(59)28(58)12(3)19)31(61)43(73)41(71)26(10)56)1-5-7(23(53)38(68)36(66)21(5)51)2(8-6(1)22(52)37(67)39(69)24(8)54)13-20(50)17-18-34(64)30(60)15-16(35(65)45(75)44(74)32(15)62)47(18)77-48(17)46(76)33(13)63/h49-76H2. The molecule has 338 valence electrons. The zero-order valence-corrected chi connectivity index (χ0v) is 52.4. The molecule has 0 fully saturated rings. The molecular weight excluding hydrogens is 895 g/mol. The summed E-state index contributed by atoms with van der Waals surface area (Å²) in [4.78, 5) is 0. The first-order valence-electron chi connectivity index (χ1n) is 28.7. The molecule has 11 rings (SSSR count). The summed E-state index contributed by atoms with van der Waals surface area (Å²) in [6, 6.07) is 0. The molecule has 0 unspecified atom stereocenters. The van der Waals surface area contributed by atoms with E-state index < -0.39 is 0 Å². The molecule has 29 heteroatoms. The molecule has 0 saturated heterocycles. The molecule has 1 nitrogen and oxygen atoms in total. The maximum atomic E-state index is 7.42. The van der Waals surface area contributed by atoms with Crippen LogP contribution in [-0.2, 0) is 0 Å². The third-order valence-electron chi connectivity index (χ3n) is 22.5. The molecule has 1 aromatic heterocycles. The minimum Gasteiger partial charge on any atom is -0.456 e. The van der Waals surface area contributed by atoms with Crippen LogP contribution in [0, 0.1) is 0 Å². The molecule has 0 saturated carbocycles. The average Bonchev–Trinajstić information content (AvgIpc) is 3.96. The molecule has 0 atom stereocenters. The minimum absolute atomic E-state index is 1.03. The van der Waals surface area contributed by atoms with Crippen molar-refractivity contribution in [1.82, 2.24) is 0 Å². The summed E-state index contributed by atoms with van der Waals surface area (Å²) < 4.78 is 7.42. The van der Waals surface area contributed by atoms with Crippen molar-refractivity contribution >= 4 is 459 Å².